The molecule has 0 radical (unpaired) electrons. The number of hydrogen-bond acceptors (Lipinski definition) is 3. The van der Waals surface area contributed by atoms with Crippen LogP contribution < -0.4 is 5.32 Å². The van der Waals surface area contributed by atoms with E-state index >= 15 is 0 Å². The molecule has 5 heteroatoms. The van der Waals surface area contributed by atoms with E-state index in [4.69, 9.17) is 16.0 Å². The molecule has 0 bridgehead atoms. The molecular weight excluding hydrogens is 276 g/mol. The van der Waals surface area contributed by atoms with Crippen molar-refractivity contribution in [1.82, 2.24) is 4.98 Å². The van der Waals surface area contributed by atoms with Crippen molar-refractivity contribution in [2.24, 2.45) is 0 Å². The Kier molecular flexibility index (Phi) is 4.79. The van der Waals surface area contributed by atoms with Gasteiger partial charge in [-0.2, -0.15) is 4.98 Å². The summed E-state index contributed by atoms with van der Waals surface area (Å²) in [5, 5.41) is 3.29. The molecule has 0 aliphatic carbocycles. The number of oxazole rings is 1. The molecule has 0 saturated heterocycles. The minimum atomic E-state index is -0.227. The van der Waals surface area contributed by atoms with Gasteiger partial charge in [-0.1, -0.05) is 24.9 Å². The van der Waals surface area contributed by atoms with Crippen LogP contribution >= 0.6 is 11.6 Å². The number of nitrogens with zero attached hydrogens (tertiary/aromatic N) is 1. The summed E-state index contributed by atoms with van der Waals surface area (Å²) < 4.78 is 5.13. The molecule has 1 aromatic heterocycles. The quantitative estimate of drug-likeness (QED) is 0.897. The SMILES string of the molecule is CCCCc1cc(Cl)ccc1C(=O)Nc1nc(C)co1. The van der Waals surface area contributed by atoms with Gasteiger partial charge >= 0.3 is 6.01 Å². The van der Waals surface area contributed by atoms with Gasteiger partial charge in [-0.25, -0.2) is 0 Å². The van der Waals surface area contributed by atoms with Gasteiger partial charge in [-0.3, -0.25) is 10.1 Å². The molecule has 1 heterocycles. The van der Waals surface area contributed by atoms with E-state index in [2.05, 4.69) is 17.2 Å². The number of aryl methyl sites for hydroxylation is 2. The zero-order valence-electron chi connectivity index (χ0n) is 11.6. The average molecular weight is 293 g/mol. The molecule has 2 aromatic rings. The standard InChI is InChI=1S/C15H17ClN2O2/c1-3-4-5-11-8-12(16)6-7-13(11)14(19)18-15-17-10(2)9-20-15/h6-9H,3-5H2,1-2H3,(H,17,18,19). The summed E-state index contributed by atoms with van der Waals surface area (Å²) in [7, 11) is 0. The van der Waals surface area contributed by atoms with Crippen molar-refractivity contribution in [1.29, 1.82) is 0 Å². The van der Waals surface area contributed by atoms with Crippen molar-refractivity contribution in [2.45, 2.75) is 33.1 Å². The number of halogens is 1. The number of amides is 1. The van der Waals surface area contributed by atoms with Gasteiger partial charge in [-0.05, 0) is 43.5 Å². The minimum absolute atomic E-state index is 0.212. The highest BCUT2D eigenvalue weighted by Gasteiger charge is 2.14. The Bertz CT molecular complexity index is 608. The number of rotatable bonds is 5. The summed E-state index contributed by atoms with van der Waals surface area (Å²) >= 11 is 6.00. The third-order valence-corrected chi connectivity index (χ3v) is 3.19. The van der Waals surface area contributed by atoms with Crippen LogP contribution in [0, 0.1) is 6.92 Å². The van der Waals surface area contributed by atoms with Gasteiger partial charge in [0.15, 0.2) is 0 Å². The fourth-order valence-corrected chi connectivity index (χ4v) is 2.13. The van der Waals surface area contributed by atoms with Crippen molar-refractivity contribution >= 4 is 23.5 Å². The Hall–Kier alpha value is -1.81. The van der Waals surface area contributed by atoms with Gasteiger partial charge in [0.25, 0.3) is 5.91 Å². The molecule has 1 N–H and O–H groups in total. The molecule has 2 rings (SSSR count). The van der Waals surface area contributed by atoms with E-state index in [0.29, 0.717) is 10.6 Å². The van der Waals surface area contributed by atoms with E-state index < -0.39 is 0 Å². The summed E-state index contributed by atoms with van der Waals surface area (Å²) in [5.74, 6) is -0.227. The van der Waals surface area contributed by atoms with Gasteiger partial charge in [0, 0.05) is 10.6 Å². The van der Waals surface area contributed by atoms with Crippen molar-refractivity contribution in [2.75, 3.05) is 5.32 Å². The molecule has 0 atom stereocenters. The molecule has 20 heavy (non-hydrogen) atoms. The molecule has 1 aromatic carbocycles. The Morgan fingerprint density at radius 3 is 2.90 bits per heavy atom. The Balaban J connectivity index is 2.19. The lowest BCUT2D eigenvalue weighted by molar-refractivity contribution is 0.102. The molecule has 106 valence electrons. The van der Waals surface area contributed by atoms with Crippen molar-refractivity contribution < 1.29 is 9.21 Å². The third-order valence-electron chi connectivity index (χ3n) is 2.95. The first kappa shape index (κ1) is 14.6. The smallest absolute Gasteiger partial charge is 0.301 e. The number of carbonyl (C=O) groups excluding carboxylic acids is 1. The number of anilines is 1. The molecule has 0 spiro atoms. The summed E-state index contributed by atoms with van der Waals surface area (Å²) in [6.45, 7) is 3.91. The van der Waals surface area contributed by atoms with Gasteiger partial charge in [-0.15, -0.1) is 0 Å². The second kappa shape index (κ2) is 6.57. The van der Waals surface area contributed by atoms with Crippen LogP contribution in [0.25, 0.3) is 0 Å². The molecular formula is C15H17ClN2O2. The van der Waals surface area contributed by atoms with Crippen molar-refractivity contribution in [3.63, 3.8) is 0 Å². The van der Waals surface area contributed by atoms with Gasteiger partial charge < -0.3 is 4.42 Å². The van der Waals surface area contributed by atoms with E-state index in [1.165, 1.54) is 6.26 Å². The van der Waals surface area contributed by atoms with Crippen LogP contribution in [0.5, 0.6) is 0 Å². The van der Waals surface area contributed by atoms with Crippen molar-refractivity contribution in [3.05, 3.63) is 46.3 Å². The summed E-state index contributed by atoms with van der Waals surface area (Å²) in [6, 6.07) is 5.50. The zero-order chi connectivity index (χ0) is 14.5. The van der Waals surface area contributed by atoms with E-state index in [9.17, 15) is 4.79 Å². The van der Waals surface area contributed by atoms with Crippen LogP contribution in [0.15, 0.2) is 28.9 Å². The maximum absolute atomic E-state index is 12.3. The van der Waals surface area contributed by atoms with E-state index in [0.717, 1.165) is 30.5 Å². The maximum atomic E-state index is 12.3. The minimum Gasteiger partial charge on any atom is -0.432 e. The highest BCUT2D eigenvalue weighted by Crippen LogP contribution is 2.19. The Labute approximate surface area is 123 Å². The molecule has 0 unspecified atom stereocenters. The van der Waals surface area contributed by atoms with Crippen LogP contribution in [0.3, 0.4) is 0 Å². The van der Waals surface area contributed by atoms with Crippen LogP contribution in [-0.4, -0.2) is 10.9 Å². The summed E-state index contributed by atoms with van der Waals surface area (Å²) in [5.41, 5.74) is 2.28. The molecule has 1 amide bonds. The monoisotopic (exact) mass is 292 g/mol. The molecule has 0 aliphatic rings. The topological polar surface area (TPSA) is 55.1 Å². The maximum Gasteiger partial charge on any atom is 0.301 e. The van der Waals surface area contributed by atoms with Crippen LogP contribution in [0.1, 0.15) is 41.4 Å². The van der Waals surface area contributed by atoms with E-state index in [-0.39, 0.29) is 11.9 Å². The third kappa shape index (κ3) is 3.61. The lowest BCUT2D eigenvalue weighted by Gasteiger charge is -2.09. The zero-order valence-corrected chi connectivity index (χ0v) is 12.3. The van der Waals surface area contributed by atoms with Crippen molar-refractivity contribution in [3.8, 4) is 0 Å². The molecule has 0 saturated carbocycles. The first-order valence-corrected chi connectivity index (χ1v) is 7.00. The fraction of sp³-hybridized carbons (Fsp3) is 0.333. The number of aromatic nitrogens is 1. The normalized spacial score (nSPS) is 10.6. The highest BCUT2D eigenvalue weighted by atomic mass is 35.5. The summed E-state index contributed by atoms with van der Waals surface area (Å²) in [6.07, 6.45) is 4.39. The van der Waals surface area contributed by atoms with Gasteiger partial charge in [0.1, 0.15) is 6.26 Å². The first-order valence-electron chi connectivity index (χ1n) is 6.62. The largest absolute Gasteiger partial charge is 0.432 e. The molecule has 4 nitrogen and oxygen atoms in total. The average Bonchev–Trinajstić information content (AvgIpc) is 2.81. The number of carbonyl (C=O) groups is 1. The van der Waals surface area contributed by atoms with Crippen LogP contribution in [0.2, 0.25) is 5.02 Å². The lowest BCUT2D eigenvalue weighted by atomic mass is 10.0. The number of unbranched alkanes of at least 4 members (excludes halogenated alkanes) is 1. The second-order valence-electron chi connectivity index (χ2n) is 4.65. The predicted octanol–water partition coefficient (Wildman–Crippen LogP) is 4.23. The number of hydrogen-bond donors (Lipinski definition) is 1. The van der Waals surface area contributed by atoms with Crippen LogP contribution in [0.4, 0.5) is 6.01 Å². The Morgan fingerprint density at radius 1 is 1.45 bits per heavy atom. The second-order valence-corrected chi connectivity index (χ2v) is 5.09. The number of nitrogens with one attached hydrogen (secondary N) is 1. The van der Waals surface area contributed by atoms with E-state index in [1.54, 1.807) is 19.1 Å². The van der Waals surface area contributed by atoms with E-state index in [1.807, 2.05) is 6.07 Å². The summed E-state index contributed by atoms with van der Waals surface area (Å²) in [4.78, 5) is 16.3. The van der Waals surface area contributed by atoms with Gasteiger partial charge in [0.05, 0.1) is 5.69 Å². The molecule has 0 aliphatic heterocycles. The number of benzene rings is 1. The van der Waals surface area contributed by atoms with Crippen LogP contribution in [-0.2, 0) is 6.42 Å². The van der Waals surface area contributed by atoms with Gasteiger partial charge in [0.2, 0.25) is 0 Å². The first-order chi connectivity index (χ1) is 9.60. The fourth-order valence-electron chi connectivity index (χ4n) is 1.93. The highest BCUT2D eigenvalue weighted by molar-refractivity contribution is 6.30. The predicted molar refractivity (Wildman–Crippen MR) is 79.3 cm³/mol. The molecule has 0 fully saturated rings. The lowest BCUT2D eigenvalue weighted by Crippen LogP contribution is -2.14. The Morgan fingerprint density at radius 2 is 2.25 bits per heavy atom.